The molecular formula is C44H44N8O6. The zero-order chi connectivity index (χ0) is 40.6. The smallest absolute Gasteiger partial charge is 0.256 e. The van der Waals surface area contributed by atoms with Crippen LogP contribution < -0.4 is 15.4 Å². The quantitative estimate of drug-likeness (QED) is 0.0720. The summed E-state index contributed by atoms with van der Waals surface area (Å²) >= 11 is 0. The number of fused-ring (bicyclic) bond motifs is 2. The molecular weight excluding hydrogens is 737 g/mol. The SMILES string of the molecule is [C-]#[N+]c1cc(-c2nc(-c3cccc4c3CCC4NCCO)no2)ccc1O.[C-]#[N+]c1cc(-c2nc(-c3cccc4c3CCC4NCCO)no2)ccc1OCC(C)C. The summed E-state index contributed by atoms with van der Waals surface area (Å²) in [5.41, 5.74) is 8.57. The number of hydrogen-bond acceptors (Lipinski definition) is 12. The molecule has 2 heterocycles. The minimum absolute atomic E-state index is 0.0733. The molecule has 5 N–H and O–H groups in total. The van der Waals surface area contributed by atoms with Gasteiger partial charge in [0.1, 0.15) is 11.5 Å². The molecule has 2 aliphatic rings. The van der Waals surface area contributed by atoms with Crippen LogP contribution in [0.2, 0.25) is 0 Å². The fraction of sp³-hybridized carbons (Fsp3) is 0.318. The van der Waals surface area contributed by atoms with Crippen LogP contribution >= 0.6 is 0 Å². The number of nitrogens with one attached hydrogen (secondary N) is 2. The van der Waals surface area contributed by atoms with E-state index in [-0.39, 0.29) is 36.7 Å². The zero-order valence-corrected chi connectivity index (χ0v) is 32.3. The number of phenols is 1. The summed E-state index contributed by atoms with van der Waals surface area (Å²) in [4.78, 5) is 16.0. The number of benzene rings is 4. The van der Waals surface area contributed by atoms with Gasteiger partial charge >= 0.3 is 0 Å². The van der Waals surface area contributed by atoms with Crippen LogP contribution in [0.3, 0.4) is 0 Å². The molecule has 58 heavy (non-hydrogen) atoms. The number of rotatable bonds is 13. The zero-order valence-electron chi connectivity index (χ0n) is 32.3. The molecule has 0 saturated carbocycles. The summed E-state index contributed by atoms with van der Waals surface area (Å²) in [6.07, 6.45) is 3.76. The maximum absolute atomic E-state index is 9.66. The standard InChI is InChI=1S/C24H26N4O3.C20H18N4O3/c1-15(2)14-30-22-10-7-16(13-21(22)25-3)24-27-23(28-31-24)19-6-4-5-18-17(19)8-9-20(18)26-11-12-29;1-21-17-11-12(5-8-18(17)26)20-23-19(24-27-20)15-4-2-3-14-13(15)6-7-16(14)22-9-10-25/h4-7,10,13,15,20,26,29H,8-9,11-12,14H2,1-2H3;2-5,8,11,16,22,25-26H,6-7,9-10H2. The van der Waals surface area contributed by atoms with Gasteiger partial charge in [-0.05, 0) is 90.3 Å². The van der Waals surface area contributed by atoms with Crippen molar-refractivity contribution in [1.82, 2.24) is 30.9 Å². The minimum atomic E-state index is -0.0733. The predicted octanol–water partition coefficient (Wildman–Crippen LogP) is 7.79. The van der Waals surface area contributed by atoms with Gasteiger partial charge in [-0.1, -0.05) is 60.6 Å². The van der Waals surface area contributed by atoms with Crippen molar-refractivity contribution in [2.75, 3.05) is 32.9 Å². The first-order valence-electron chi connectivity index (χ1n) is 19.3. The lowest BCUT2D eigenvalue weighted by molar-refractivity contribution is 0.272. The molecule has 0 amide bonds. The summed E-state index contributed by atoms with van der Waals surface area (Å²) in [6, 6.07) is 22.6. The van der Waals surface area contributed by atoms with Gasteiger partial charge in [0, 0.05) is 47.4 Å². The Morgan fingerprint density at radius 1 is 0.741 bits per heavy atom. The molecule has 4 aromatic carbocycles. The first kappa shape index (κ1) is 39.8. The number of aromatic nitrogens is 4. The van der Waals surface area contributed by atoms with Crippen LogP contribution in [-0.2, 0) is 12.8 Å². The summed E-state index contributed by atoms with van der Waals surface area (Å²) in [7, 11) is 0. The van der Waals surface area contributed by atoms with Gasteiger partial charge in [0.2, 0.25) is 23.0 Å². The molecule has 2 aliphatic carbocycles. The predicted molar refractivity (Wildman–Crippen MR) is 217 cm³/mol. The normalized spacial score (nSPS) is 15.3. The number of aliphatic hydroxyl groups excluding tert-OH is 2. The van der Waals surface area contributed by atoms with Crippen LogP contribution in [0.15, 0.2) is 81.8 Å². The van der Waals surface area contributed by atoms with E-state index in [1.54, 1.807) is 18.2 Å². The van der Waals surface area contributed by atoms with Crippen molar-refractivity contribution in [2.45, 2.75) is 51.6 Å². The van der Waals surface area contributed by atoms with Gasteiger partial charge in [-0.15, -0.1) is 0 Å². The number of nitrogens with zero attached hydrogens (tertiary/aromatic N) is 6. The second kappa shape index (κ2) is 18.2. The minimum Gasteiger partial charge on any atom is -0.519 e. The molecule has 0 fully saturated rings. The lowest BCUT2D eigenvalue weighted by atomic mass is 10.0. The first-order valence-corrected chi connectivity index (χ1v) is 19.3. The third-order valence-corrected chi connectivity index (χ3v) is 10.1. The van der Waals surface area contributed by atoms with E-state index in [0.717, 1.165) is 36.8 Å². The number of phenolic OH excluding ortho intramolecular Hbond substituents is 1. The van der Waals surface area contributed by atoms with Crippen molar-refractivity contribution in [3.05, 3.63) is 118 Å². The average Bonchev–Trinajstić information content (AvgIpc) is 4.09. The van der Waals surface area contributed by atoms with E-state index in [1.807, 2.05) is 30.3 Å². The van der Waals surface area contributed by atoms with Crippen molar-refractivity contribution in [3.8, 4) is 57.2 Å². The third kappa shape index (κ3) is 8.61. The van der Waals surface area contributed by atoms with Gasteiger partial charge in [-0.3, -0.25) is 0 Å². The van der Waals surface area contributed by atoms with Gasteiger partial charge in [-0.25, -0.2) is 9.69 Å². The van der Waals surface area contributed by atoms with Crippen LogP contribution in [0.4, 0.5) is 11.4 Å². The maximum Gasteiger partial charge on any atom is 0.256 e. The summed E-state index contributed by atoms with van der Waals surface area (Å²) in [5.74, 6) is 2.59. The molecule has 14 nitrogen and oxygen atoms in total. The average molecular weight is 781 g/mol. The molecule has 0 saturated heterocycles. The summed E-state index contributed by atoms with van der Waals surface area (Å²) in [5, 5.41) is 42.9. The molecule has 6 aromatic rings. The second-order valence-electron chi connectivity index (χ2n) is 14.4. The van der Waals surface area contributed by atoms with Gasteiger partial charge in [0.25, 0.3) is 11.8 Å². The lowest BCUT2D eigenvalue weighted by Gasteiger charge is -2.13. The van der Waals surface area contributed by atoms with Crippen LogP contribution in [0, 0.1) is 19.1 Å². The second-order valence-corrected chi connectivity index (χ2v) is 14.4. The molecule has 0 bridgehead atoms. The molecule has 8 rings (SSSR count). The lowest BCUT2D eigenvalue weighted by Crippen LogP contribution is -2.22. The monoisotopic (exact) mass is 780 g/mol. The van der Waals surface area contributed by atoms with E-state index in [2.05, 4.69) is 66.6 Å². The van der Waals surface area contributed by atoms with Crippen LogP contribution in [0.25, 0.3) is 55.4 Å². The summed E-state index contributed by atoms with van der Waals surface area (Å²) < 4.78 is 16.7. The van der Waals surface area contributed by atoms with Crippen LogP contribution in [-0.4, -0.2) is 68.5 Å². The highest BCUT2D eigenvalue weighted by molar-refractivity contribution is 5.72. The van der Waals surface area contributed by atoms with Gasteiger partial charge in [-0.2, -0.15) is 9.97 Å². The molecule has 2 unspecified atom stereocenters. The Hall–Kier alpha value is -6.42. The highest BCUT2D eigenvalue weighted by atomic mass is 16.5. The number of ether oxygens (including phenoxy) is 1. The van der Waals surface area contributed by atoms with Crippen molar-refractivity contribution < 1.29 is 29.1 Å². The number of aromatic hydroxyl groups is 1. The molecule has 2 aromatic heterocycles. The highest BCUT2D eigenvalue weighted by Crippen LogP contribution is 2.40. The molecule has 2 atom stereocenters. The fourth-order valence-corrected chi connectivity index (χ4v) is 7.39. The first-order chi connectivity index (χ1) is 28.3. The maximum atomic E-state index is 9.66. The van der Waals surface area contributed by atoms with Gasteiger partial charge < -0.3 is 39.7 Å². The Balaban J connectivity index is 0.000000178. The molecule has 0 spiro atoms. The topological polar surface area (TPSA) is 181 Å². The molecule has 0 radical (unpaired) electrons. The van der Waals surface area contributed by atoms with E-state index >= 15 is 0 Å². The Bertz CT molecular complexity index is 2460. The largest absolute Gasteiger partial charge is 0.519 e. The Kier molecular flexibility index (Phi) is 12.5. The van der Waals surface area contributed by atoms with Crippen molar-refractivity contribution in [3.63, 3.8) is 0 Å². The van der Waals surface area contributed by atoms with E-state index in [0.29, 0.717) is 71.6 Å². The van der Waals surface area contributed by atoms with Gasteiger partial charge in [0.05, 0.1) is 33.0 Å². The Morgan fingerprint density at radius 3 is 1.76 bits per heavy atom. The van der Waals surface area contributed by atoms with E-state index in [4.69, 9.17) is 37.1 Å². The third-order valence-electron chi connectivity index (χ3n) is 10.1. The number of hydrogen-bond donors (Lipinski definition) is 5. The summed E-state index contributed by atoms with van der Waals surface area (Å²) in [6.45, 7) is 20.6. The molecule has 296 valence electrons. The van der Waals surface area contributed by atoms with Crippen molar-refractivity contribution in [1.29, 1.82) is 0 Å². The Labute approximate surface area is 336 Å². The highest BCUT2D eigenvalue weighted by Gasteiger charge is 2.28. The van der Waals surface area contributed by atoms with Crippen molar-refractivity contribution in [2.24, 2.45) is 5.92 Å². The Morgan fingerprint density at radius 2 is 1.26 bits per heavy atom. The van der Waals surface area contributed by atoms with E-state index in [9.17, 15) is 5.11 Å². The van der Waals surface area contributed by atoms with Crippen LogP contribution in [0.1, 0.15) is 61.0 Å². The van der Waals surface area contributed by atoms with E-state index in [1.165, 1.54) is 34.4 Å². The number of aliphatic hydroxyl groups is 2. The van der Waals surface area contributed by atoms with Crippen molar-refractivity contribution >= 4 is 11.4 Å². The van der Waals surface area contributed by atoms with Gasteiger partial charge in [0.15, 0.2) is 0 Å². The fourth-order valence-electron chi connectivity index (χ4n) is 7.39. The molecule has 14 heteroatoms. The van der Waals surface area contributed by atoms with Crippen LogP contribution in [0.5, 0.6) is 11.5 Å². The molecule has 0 aliphatic heterocycles. The van der Waals surface area contributed by atoms with E-state index < -0.39 is 0 Å².